The summed E-state index contributed by atoms with van der Waals surface area (Å²) in [7, 11) is 2.19. The Hall–Kier alpha value is -1.22. The number of aryl methyl sites for hydroxylation is 1. The van der Waals surface area contributed by atoms with E-state index in [2.05, 4.69) is 36.3 Å². The number of rotatable bonds is 4. The summed E-state index contributed by atoms with van der Waals surface area (Å²) in [5.74, 6) is 0.960. The SMILES string of the molecule is CCOc1ccc(NC2CCCN(C)C2)c(C)c1. The van der Waals surface area contributed by atoms with E-state index in [1.54, 1.807) is 0 Å². The Morgan fingerprint density at radius 2 is 2.28 bits per heavy atom. The van der Waals surface area contributed by atoms with Gasteiger partial charge < -0.3 is 15.0 Å². The molecule has 1 N–H and O–H groups in total. The minimum absolute atomic E-state index is 0.570. The van der Waals surface area contributed by atoms with E-state index >= 15 is 0 Å². The maximum atomic E-state index is 5.51. The fourth-order valence-corrected chi connectivity index (χ4v) is 2.56. The average molecular weight is 248 g/mol. The number of piperidine rings is 1. The highest BCUT2D eigenvalue weighted by Crippen LogP contribution is 2.23. The first kappa shape index (κ1) is 13.2. The summed E-state index contributed by atoms with van der Waals surface area (Å²) < 4.78 is 5.51. The normalized spacial score (nSPS) is 20.7. The third-order valence-corrected chi connectivity index (χ3v) is 3.49. The second kappa shape index (κ2) is 6.10. The molecule has 3 nitrogen and oxygen atoms in total. The van der Waals surface area contributed by atoms with E-state index in [0.29, 0.717) is 6.04 Å². The lowest BCUT2D eigenvalue weighted by molar-refractivity contribution is 0.261. The molecular formula is C15H24N2O. The zero-order chi connectivity index (χ0) is 13.0. The fourth-order valence-electron chi connectivity index (χ4n) is 2.56. The van der Waals surface area contributed by atoms with Crippen molar-refractivity contribution < 1.29 is 4.74 Å². The summed E-state index contributed by atoms with van der Waals surface area (Å²) in [6.45, 7) is 7.23. The molecule has 0 saturated carbocycles. The van der Waals surface area contributed by atoms with Gasteiger partial charge in [-0.1, -0.05) is 0 Å². The molecule has 1 aromatic rings. The molecule has 0 amide bonds. The number of ether oxygens (including phenoxy) is 1. The van der Waals surface area contributed by atoms with Crippen molar-refractivity contribution in [1.29, 1.82) is 0 Å². The molecule has 1 atom stereocenters. The lowest BCUT2D eigenvalue weighted by Crippen LogP contribution is -2.39. The van der Waals surface area contributed by atoms with Crippen LogP contribution < -0.4 is 10.1 Å². The molecule has 100 valence electrons. The summed E-state index contributed by atoms with van der Waals surface area (Å²) in [5, 5.41) is 3.65. The molecule has 1 unspecified atom stereocenters. The number of hydrogen-bond acceptors (Lipinski definition) is 3. The number of nitrogens with one attached hydrogen (secondary N) is 1. The zero-order valence-corrected chi connectivity index (χ0v) is 11.7. The number of benzene rings is 1. The summed E-state index contributed by atoms with van der Waals surface area (Å²) in [6, 6.07) is 6.86. The van der Waals surface area contributed by atoms with Crippen molar-refractivity contribution in [3.63, 3.8) is 0 Å². The van der Waals surface area contributed by atoms with Crippen LogP contribution in [-0.2, 0) is 0 Å². The highest BCUT2D eigenvalue weighted by atomic mass is 16.5. The first-order valence-corrected chi connectivity index (χ1v) is 6.87. The van der Waals surface area contributed by atoms with Gasteiger partial charge in [0, 0.05) is 18.3 Å². The van der Waals surface area contributed by atoms with E-state index in [9.17, 15) is 0 Å². The van der Waals surface area contributed by atoms with Crippen LogP contribution in [-0.4, -0.2) is 37.7 Å². The van der Waals surface area contributed by atoms with Crippen LogP contribution in [0.3, 0.4) is 0 Å². The van der Waals surface area contributed by atoms with Gasteiger partial charge in [0.15, 0.2) is 0 Å². The molecule has 1 heterocycles. The van der Waals surface area contributed by atoms with Gasteiger partial charge in [-0.15, -0.1) is 0 Å². The van der Waals surface area contributed by atoms with Gasteiger partial charge in [-0.2, -0.15) is 0 Å². The molecule has 1 saturated heterocycles. The van der Waals surface area contributed by atoms with E-state index in [1.165, 1.54) is 30.6 Å². The standard InChI is InChI=1S/C15H24N2O/c1-4-18-14-7-8-15(12(2)10-14)16-13-6-5-9-17(3)11-13/h7-8,10,13,16H,4-6,9,11H2,1-3H3. The van der Waals surface area contributed by atoms with Crippen LogP contribution in [0.2, 0.25) is 0 Å². The van der Waals surface area contributed by atoms with Gasteiger partial charge in [0.1, 0.15) is 5.75 Å². The Balaban J connectivity index is 2.00. The first-order chi connectivity index (χ1) is 8.69. The Morgan fingerprint density at radius 3 is 2.94 bits per heavy atom. The van der Waals surface area contributed by atoms with Crippen LogP contribution in [0.1, 0.15) is 25.3 Å². The van der Waals surface area contributed by atoms with E-state index in [4.69, 9.17) is 4.74 Å². The van der Waals surface area contributed by atoms with Crippen LogP contribution in [0, 0.1) is 6.92 Å². The average Bonchev–Trinajstić information content (AvgIpc) is 2.33. The second-order valence-corrected chi connectivity index (χ2v) is 5.16. The summed E-state index contributed by atoms with van der Waals surface area (Å²) >= 11 is 0. The lowest BCUT2D eigenvalue weighted by atomic mass is 10.1. The van der Waals surface area contributed by atoms with Crippen molar-refractivity contribution in [2.45, 2.75) is 32.7 Å². The van der Waals surface area contributed by atoms with E-state index in [-0.39, 0.29) is 0 Å². The minimum atomic E-state index is 0.570. The fraction of sp³-hybridized carbons (Fsp3) is 0.600. The largest absolute Gasteiger partial charge is 0.494 e. The third kappa shape index (κ3) is 3.39. The van der Waals surface area contributed by atoms with Gasteiger partial charge >= 0.3 is 0 Å². The minimum Gasteiger partial charge on any atom is -0.494 e. The summed E-state index contributed by atoms with van der Waals surface area (Å²) in [4.78, 5) is 2.39. The predicted molar refractivity (Wildman–Crippen MR) is 76.5 cm³/mol. The molecule has 0 aliphatic carbocycles. The van der Waals surface area contributed by atoms with Crippen LogP contribution in [0.25, 0.3) is 0 Å². The highest BCUT2D eigenvalue weighted by Gasteiger charge is 2.17. The van der Waals surface area contributed by atoms with E-state index < -0.39 is 0 Å². The maximum Gasteiger partial charge on any atom is 0.119 e. The molecule has 0 bridgehead atoms. The quantitative estimate of drug-likeness (QED) is 0.886. The van der Waals surface area contributed by atoms with Crippen molar-refractivity contribution in [1.82, 2.24) is 4.90 Å². The molecule has 3 heteroatoms. The molecule has 0 spiro atoms. The van der Waals surface area contributed by atoms with Crippen molar-refractivity contribution in [2.75, 3.05) is 32.1 Å². The number of anilines is 1. The van der Waals surface area contributed by atoms with Gasteiger partial charge in [-0.3, -0.25) is 0 Å². The Bertz CT molecular complexity index is 392. The molecule has 0 aromatic heterocycles. The number of nitrogens with zero attached hydrogens (tertiary/aromatic N) is 1. The maximum absolute atomic E-state index is 5.51. The van der Waals surface area contributed by atoms with E-state index in [0.717, 1.165) is 18.9 Å². The topological polar surface area (TPSA) is 24.5 Å². The van der Waals surface area contributed by atoms with Crippen LogP contribution in [0.15, 0.2) is 18.2 Å². The summed E-state index contributed by atoms with van der Waals surface area (Å²) in [6.07, 6.45) is 2.54. The molecule has 1 aliphatic heterocycles. The Labute approximate surface area is 110 Å². The molecular weight excluding hydrogens is 224 g/mol. The first-order valence-electron chi connectivity index (χ1n) is 6.87. The molecule has 2 rings (SSSR count). The molecule has 18 heavy (non-hydrogen) atoms. The Morgan fingerprint density at radius 1 is 1.44 bits per heavy atom. The van der Waals surface area contributed by atoms with Gasteiger partial charge in [0.2, 0.25) is 0 Å². The predicted octanol–water partition coefficient (Wildman–Crippen LogP) is 2.90. The highest BCUT2D eigenvalue weighted by molar-refractivity contribution is 5.54. The smallest absolute Gasteiger partial charge is 0.119 e. The third-order valence-electron chi connectivity index (χ3n) is 3.49. The monoisotopic (exact) mass is 248 g/mol. The molecule has 1 fully saturated rings. The van der Waals surface area contributed by atoms with Crippen molar-refractivity contribution >= 4 is 5.69 Å². The van der Waals surface area contributed by atoms with Gasteiger partial charge in [-0.25, -0.2) is 0 Å². The van der Waals surface area contributed by atoms with Crippen LogP contribution >= 0.6 is 0 Å². The van der Waals surface area contributed by atoms with Crippen molar-refractivity contribution in [3.05, 3.63) is 23.8 Å². The number of likely N-dealkylation sites (tertiary alicyclic amines) is 1. The Kier molecular flexibility index (Phi) is 4.48. The number of likely N-dealkylation sites (N-methyl/N-ethyl adjacent to an activating group) is 1. The summed E-state index contributed by atoms with van der Waals surface area (Å²) in [5.41, 5.74) is 2.49. The number of hydrogen-bond donors (Lipinski definition) is 1. The van der Waals surface area contributed by atoms with Crippen molar-refractivity contribution in [3.8, 4) is 5.75 Å². The van der Waals surface area contributed by atoms with E-state index in [1.807, 2.05) is 13.0 Å². The lowest BCUT2D eigenvalue weighted by Gasteiger charge is -2.31. The second-order valence-electron chi connectivity index (χ2n) is 5.16. The zero-order valence-electron chi connectivity index (χ0n) is 11.7. The molecule has 1 aliphatic rings. The van der Waals surface area contributed by atoms with Crippen LogP contribution in [0.4, 0.5) is 5.69 Å². The molecule has 1 aromatic carbocycles. The van der Waals surface area contributed by atoms with Crippen molar-refractivity contribution in [2.24, 2.45) is 0 Å². The molecule has 0 radical (unpaired) electrons. The van der Waals surface area contributed by atoms with Crippen LogP contribution in [0.5, 0.6) is 5.75 Å². The van der Waals surface area contributed by atoms with Gasteiger partial charge in [0.05, 0.1) is 6.61 Å². The van der Waals surface area contributed by atoms with Gasteiger partial charge in [0.25, 0.3) is 0 Å². The van der Waals surface area contributed by atoms with Gasteiger partial charge in [-0.05, 0) is 64.0 Å².